The molecule has 0 saturated carbocycles. The summed E-state index contributed by atoms with van der Waals surface area (Å²) in [5, 5.41) is 43.1. The van der Waals surface area contributed by atoms with Crippen LogP contribution in [0.4, 0.5) is 68.2 Å². The van der Waals surface area contributed by atoms with E-state index in [1.54, 1.807) is 42.5 Å². The number of nitrogens with zero attached hydrogens (tertiary/aromatic N) is 8. The fourth-order valence-corrected chi connectivity index (χ4v) is 6.50. The number of anilines is 4. The average Bonchev–Trinajstić information content (AvgIpc) is 3.13. The molecule has 6 aromatic rings. The number of fused-ring (bicyclic) bond motifs is 1. The number of benzene rings is 6. The molecule has 0 amide bonds. The van der Waals surface area contributed by atoms with Crippen molar-refractivity contribution in [2.45, 2.75) is 16.7 Å². The van der Waals surface area contributed by atoms with Crippen LogP contribution in [0, 0.1) is 6.92 Å². The Bertz CT molecular complexity index is 2670. The van der Waals surface area contributed by atoms with Gasteiger partial charge in [-0.25, -0.2) is 0 Å². The average molecular weight is 795 g/mol. The van der Waals surface area contributed by atoms with Crippen LogP contribution in [-0.4, -0.2) is 31.0 Å². The van der Waals surface area contributed by atoms with Crippen molar-refractivity contribution in [1.29, 1.82) is 0 Å². The van der Waals surface area contributed by atoms with E-state index in [4.69, 9.17) is 22.9 Å². The second kappa shape index (κ2) is 15.3. The first-order chi connectivity index (χ1) is 26.5. The number of azo groups is 4. The molecule has 0 saturated heterocycles. The molecule has 0 atom stereocenters. The Morgan fingerprint density at radius 2 is 0.911 bits per heavy atom. The number of hydrogen-bond acceptors (Lipinski definition) is 17. The molecular formula is C35H30N12O7S2. The highest BCUT2D eigenvalue weighted by Crippen LogP contribution is 2.48. The monoisotopic (exact) mass is 794 g/mol. The van der Waals surface area contributed by atoms with Gasteiger partial charge in [0.25, 0.3) is 20.2 Å². The third kappa shape index (κ3) is 8.61. The Morgan fingerprint density at radius 3 is 1.38 bits per heavy atom. The van der Waals surface area contributed by atoms with Crippen LogP contribution in [0.1, 0.15) is 5.56 Å². The Labute approximate surface area is 318 Å². The fraction of sp³-hybridized carbons (Fsp3) is 0.0286. The number of hydrogen-bond donors (Lipinski definition) is 7. The molecule has 6 aromatic carbocycles. The molecular weight excluding hydrogens is 765 g/mol. The predicted octanol–water partition coefficient (Wildman–Crippen LogP) is 9.34. The molecule has 0 radical (unpaired) electrons. The van der Waals surface area contributed by atoms with Gasteiger partial charge in [0.1, 0.15) is 26.9 Å². The largest absolute Gasteiger partial charge is 0.505 e. The van der Waals surface area contributed by atoms with Crippen molar-refractivity contribution in [3.63, 3.8) is 0 Å². The molecule has 0 fully saturated rings. The number of aryl methyl sites for hydroxylation is 1. The maximum Gasteiger partial charge on any atom is 0.296 e. The zero-order valence-corrected chi connectivity index (χ0v) is 30.5. The van der Waals surface area contributed by atoms with Gasteiger partial charge in [-0.05, 0) is 115 Å². The Kier molecular flexibility index (Phi) is 10.5. The van der Waals surface area contributed by atoms with Crippen LogP contribution in [-0.2, 0) is 20.2 Å². The van der Waals surface area contributed by atoms with Gasteiger partial charge in [0.2, 0.25) is 0 Å². The first kappa shape index (κ1) is 38.5. The van der Waals surface area contributed by atoms with Crippen molar-refractivity contribution in [3.8, 4) is 5.75 Å². The fourth-order valence-electron chi connectivity index (χ4n) is 5.17. The van der Waals surface area contributed by atoms with Crippen LogP contribution in [0.25, 0.3) is 10.8 Å². The molecule has 284 valence electrons. The van der Waals surface area contributed by atoms with Crippen molar-refractivity contribution in [2.24, 2.45) is 40.9 Å². The van der Waals surface area contributed by atoms with Crippen molar-refractivity contribution in [2.75, 3.05) is 22.9 Å². The number of nitrogen functional groups attached to an aromatic ring is 4. The summed E-state index contributed by atoms with van der Waals surface area (Å²) < 4.78 is 70.0. The van der Waals surface area contributed by atoms with E-state index in [0.29, 0.717) is 39.8 Å². The van der Waals surface area contributed by atoms with Crippen molar-refractivity contribution >= 4 is 99.3 Å². The lowest BCUT2D eigenvalue weighted by Crippen LogP contribution is -2.03. The minimum Gasteiger partial charge on any atom is -0.505 e. The van der Waals surface area contributed by atoms with Gasteiger partial charge in [-0.2, -0.15) is 42.4 Å². The number of rotatable bonds is 10. The van der Waals surface area contributed by atoms with E-state index in [2.05, 4.69) is 40.9 Å². The second-order valence-corrected chi connectivity index (χ2v) is 14.7. The van der Waals surface area contributed by atoms with Crippen LogP contribution in [0.5, 0.6) is 5.75 Å². The smallest absolute Gasteiger partial charge is 0.296 e. The molecule has 0 spiro atoms. The standard InChI is InChI=1S/C35H30N12O7S2/c1-18-14-20(36)2-12-27(18)44-40-22-4-10-25(11-5-22)43-47-34-30(56(52,53)54)16-19-15-29(55(49,50)51)33(32(39)31(19)35(34)48)46-42-24-8-6-23(7-9-24)41-45-28-13-3-21(37)17-26(28)38/h2-17,48H,36-39H2,1H3,(H,49,50,51)(H,52,53,54). The van der Waals surface area contributed by atoms with E-state index in [-0.39, 0.29) is 22.1 Å². The van der Waals surface area contributed by atoms with Gasteiger partial charge in [0, 0.05) is 11.4 Å². The Balaban J connectivity index is 1.34. The van der Waals surface area contributed by atoms with Crippen LogP contribution in [0.3, 0.4) is 0 Å². The molecule has 56 heavy (non-hydrogen) atoms. The molecule has 6 rings (SSSR count). The first-order valence-electron chi connectivity index (χ1n) is 15.9. The van der Waals surface area contributed by atoms with E-state index < -0.39 is 52.8 Å². The second-order valence-electron chi connectivity index (χ2n) is 12.0. The topological polar surface area (TPSA) is 332 Å². The number of aromatic hydroxyl groups is 1. The summed E-state index contributed by atoms with van der Waals surface area (Å²) in [6.45, 7) is 1.83. The van der Waals surface area contributed by atoms with Gasteiger partial charge in [0.05, 0.1) is 45.2 Å². The van der Waals surface area contributed by atoms with Gasteiger partial charge in [-0.15, -0.1) is 15.3 Å². The zero-order valence-electron chi connectivity index (χ0n) is 28.9. The number of nitrogens with two attached hydrogens (primary N) is 4. The highest BCUT2D eigenvalue weighted by molar-refractivity contribution is 7.86. The number of phenols is 1. The van der Waals surface area contributed by atoms with Gasteiger partial charge in [-0.1, -0.05) is 0 Å². The zero-order chi connectivity index (χ0) is 40.4. The highest BCUT2D eigenvalue weighted by Gasteiger charge is 2.28. The molecule has 0 bridgehead atoms. The van der Waals surface area contributed by atoms with Gasteiger partial charge in [-0.3, -0.25) is 9.11 Å². The lowest BCUT2D eigenvalue weighted by atomic mass is 10.1. The predicted molar refractivity (Wildman–Crippen MR) is 210 cm³/mol. The van der Waals surface area contributed by atoms with E-state index in [0.717, 1.165) is 17.7 Å². The maximum absolute atomic E-state index is 12.5. The van der Waals surface area contributed by atoms with Crippen molar-refractivity contribution in [3.05, 3.63) is 103 Å². The summed E-state index contributed by atoms with van der Waals surface area (Å²) in [5.74, 6) is -0.907. The first-order valence-corrected chi connectivity index (χ1v) is 18.8. The molecule has 19 nitrogen and oxygen atoms in total. The third-order valence-electron chi connectivity index (χ3n) is 7.92. The lowest BCUT2D eigenvalue weighted by molar-refractivity contribution is 0.472. The van der Waals surface area contributed by atoms with Crippen molar-refractivity contribution < 1.29 is 31.0 Å². The molecule has 0 unspecified atom stereocenters. The van der Waals surface area contributed by atoms with E-state index in [1.165, 1.54) is 42.5 Å². The van der Waals surface area contributed by atoms with Gasteiger partial charge >= 0.3 is 0 Å². The summed E-state index contributed by atoms with van der Waals surface area (Å²) in [5.41, 5.74) is 26.2. The molecule has 0 heterocycles. The van der Waals surface area contributed by atoms with Crippen LogP contribution < -0.4 is 22.9 Å². The number of phenolic OH excluding ortho intramolecular Hbond substituents is 1. The van der Waals surface area contributed by atoms with E-state index in [9.17, 15) is 31.0 Å². The molecule has 11 N–H and O–H groups in total. The van der Waals surface area contributed by atoms with Crippen LogP contribution >= 0.6 is 0 Å². The van der Waals surface area contributed by atoms with Gasteiger partial charge < -0.3 is 28.0 Å². The summed E-state index contributed by atoms with van der Waals surface area (Å²) in [7, 11) is -10.2. The summed E-state index contributed by atoms with van der Waals surface area (Å²) in [4.78, 5) is -1.82. The lowest BCUT2D eigenvalue weighted by Gasteiger charge is -2.14. The quantitative estimate of drug-likeness (QED) is 0.0389. The normalized spacial score (nSPS) is 12.6. The minimum absolute atomic E-state index is 0.180. The maximum atomic E-state index is 12.5. The SMILES string of the molecule is Cc1cc(N)ccc1N=Nc1ccc(N=Nc2c(S(=O)(=O)O)cc3cc(S(=O)(=O)O)c(N=Nc4ccc(N=Nc5ccc(N)cc5N)cc4)c(N)c3c2O)cc1. The van der Waals surface area contributed by atoms with E-state index in [1.807, 2.05) is 6.92 Å². The highest BCUT2D eigenvalue weighted by atomic mass is 32.2. The minimum atomic E-state index is -5.11. The Hall–Kier alpha value is -7.20. The summed E-state index contributed by atoms with van der Waals surface area (Å²) >= 11 is 0. The molecule has 0 aliphatic carbocycles. The van der Waals surface area contributed by atoms with E-state index >= 15 is 0 Å². The molecule has 21 heteroatoms. The Morgan fingerprint density at radius 1 is 0.500 bits per heavy atom. The van der Waals surface area contributed by atoms with Crippen LogP contribution in [0.15, 0.2) is 148 Å². The molecule has 0 aliphatic heterocycles. The van der Waals surface area contributed by atoms with Gasteiger partial charge in [0.15, 0.2) is 5.75 Å². The van der Waals surface area contributed by atoms with Crippen LogP contribution in [0.2, 0.25) is 0 Å². The van der Waals surface area contributed by atoms with Crippen molar-refractivity contribution in [1.82, 2.24) is 0 Å². The molecule has 0 aliphatic rings. The summed E-state index contributed by atoms with van der Waals surface area (Å²) in [6, 6.07) is 23.6. The molecule has 0 aromatic heterocycles. The third-order valence-corrected chi connectivity index (χ3v) is 9.65. The summed E-state index contributed by atoms with van der Waals surface area (Å²) in [6.07, 6.45) is 0.